The van der Waals surface area contributed by atoms with Gasteiger partial charge < -0.3 is 16.0 Å². The van der Waals surface area contributed by atoms with Crippen molar-refractivity contribution in [2.24, 2.45) is 11.1 Å². The van der Waals surface area contributed by atoms with E-state index >= 15 is 0 Å². The van der Waals surface area contributed by atoms with Crippen molar-refractivity contribution in [3.63, 3.8) is 0 Å². The van der Waals surface area contributed by atoms with Crippen molar-refractivity contribution >= 4 is 5.91 Å². The summed E-state index contributed by atoms with van der Waals surface area (Å²) in [5, 5.41) is 3.24. The van der Waals surface area contributed by atoms with E-state index in [4.69, 9.17) is 5.73 Å². The highest BCUT2D eigenvalue weighted by Gasteiger charge is 2.18. The molecule has 0 aliphatic heterocycles. The molecule has 0 saturated heterocycles. The Morgan fingerprint density at radius 1 is 1.40 bits per heavy atom. The largest absolute Gasteiger partial charge is 0.366 e. The molecule has 0 radical (unpaired) electrons. The molecule has 3 N–H and O–H groups in total. The van der Waals surface area contributed by atoms with Crippen LogP contribution in [-0.4, -0.2) is 38.0 Å². The third-order valence-electron chi connectivity index (χ3n) is 2.99. The minimum atomic E-state index is -0.542. The molecule has 0 fully saturated rings. The molecule has 1 aromatic rings. The van der Waals surface area contributed by atoms with Crippen LogP contribution in [0, 0.1) is 11.2 Å². The highest BCUT2D eigenvalue weighted by atomic mass is 19.1. The number of nitrogens with zero attached hydrogens (tertiary/aromatic N) is 1. The van der Waals surface area contributed by atoms with E-state index in [0.29, 0.717) is 17.7 Å². The number of rotatable bonds is 7. The first-order valence-electron chi connectivity index (χ1n) is 6.65. The average Bonchev–Trinajstić information content (AvgIpc) is 2.29. The Labute approximate surface area is 120 Å². The van der Waals surface area contributed by atoms with Crippen LogP contribution in [0.4, 0.5) is 4.39 Å². The predicted octanol–water partition coefficient (Wildman–Crippen LogP) is 1.60. The van der Waals surface area contributed by atoms with Gasteiger partial charge in [0.25, 0.3) is 0 Å². The highest BCUT2D eigenvalue weighted by Crippen LogP contribution is 2.15. The summed E-state index contributed by atoms with van der Waals surface area (Å²) in [7, 11) is 4.05. The quantitative estimate of drug-likeness (QED) is 0.798. The summed E-state index contributed by atoms with van der Waals surface area (Å²) >= 11 is 0. The lowest BCUT2D eigenvalue weighted by Gasteiger charge is -2.28. The molecule has 112 valence electrons. The number of amides is 1. The van der Waals surface area contributed by atoms with E-state index in [0.717, 1.165) is 13.1 Å². The van der Waals surface area contributed by atoms with Gasteiger partial charge in [0, 0.05) is 30.8 Å². The topological polar surface area (TPSA) is 58.4 Å². The van der Waals surface area contributed by atoms with Crippen molar-refractivity contribution < 1.29 is 9.18 Å². The summed E-state index contributed by atoms with van der Waals surface area (Å²) in [6.45, 7) is 6.37. The number of primary amides is 1. The SMILES string of the molecule is CN(C)CC(C)(C)CNCc1cc(C(N)=O)ccc1F. The minimum absolute atomic E-state index is 0.0846. The summed E-state index contributed by atoms with van der Waals surface area (Å²) in [6.07, 6.45) is 0. The number of benzene rings is 1. The number of nitrogens with one attached hydrogen (secondary N) is 1. The fraction of sp³-hybridized carbons (Fsp3) is 0.533. The summed E-state index contributed by atoms with van der Waals surface area (Å²) in [4.78, 5) is 13.2. The summed E-state index contributed by atoms with van der Waals surface area (Å²) in [5.74, 6) is -0.868. The predicted molar refractivity (Wildman–Crippen MR) is 79.0 cm³/mol. The van der Waals surface area contributed by atoms with Gasteiger partial charge in [0.15, 0.2) is 0 Å². The normalized spacial score (nSPS) is 11.9. The standard InChI is InChI=1S/C15H24FN3O/c1-15(2,10-19(3)4)9-18-8-12-7-11(14(17)20)5-6-13(12)16/h5-7,18H,8-10H2,1-4H3,(H2,17,20). The van der Waals surface area contributed by atoms with E-state index in [2.05, 4.69) is 24.1 Å². The number of carbonyl (C=O) groups excluding carboxylic acids is 1. The fourth-order valence-electron chi connectivity index (χ4n) is 2.31. The molecule has 4 nitrogen and oxygen atoms in total. The van der Waals surface area contributed by atoms with E-state index in [1.807, 2.05) is 14.1 Å². The van der Waals surface area contributed by atoms with Gasteiger partial charge in [-0.25, -0.2) is 4.39 Å². The molecule has 0 heterocycles. The first-order chi connectivity index (χ1) is 9.21. The zero-order valence-corrected chi connectivity index (χ0v) is 12.7. The van der Waals surface area contributed by atoms with Gasteiger partial charge in [-0.05, 0) is 37.7 Å². The first kappa shape index (κ1) is 16.6. The van der Waals surface area contributed by atoms with Crippen LogP contribution >= 0.6 is 0 Å². The molecule has 0 atom stereocenters. The Balaban J connectivity index is 2.62. The van der Waals surface area contributed by atoms with Crippen LogP contribution in [-0.2, 0) is 6.54 Å². The van der Waals surface area contributed by atoms with Crippen LogP contribution < -0.4 is 11.1 Å². The zero-order chi connectivity index (χ0) is 15.3. The molecule has 1 aromatic carbocycles. The molecule has 0 aromatic heterocycles. The van der Waals surface area contributed by atoms with Gasteiger partial charge in [0.2, 0.25) is 5.91 Å². The number of halogens is 1. The zero-order valence-electron chi connectivity index (χ0n) is 12.7. The van der Waals surface area contributed by atoms with Crippen LogP contribution in [0.5, 0.6) is 0 Å². The molecular formula is C15H24FN3O. The van der Waals surface area contributed by atoms with Crippen molar-refractivity contribution in [2.45, 2.75) is 20.4 Å². The maximum Gasteiger partial charge on any atom is 0.248 e. The molecule has 5 heteroatoms. The maximum atomic E-state index is 13.7. The van der Waals surface area contributed by atoms with Crippen molar-refractivity contribution in [2.75, 3.05) is 27.2 Å². The van der Waals surface area contributed by atoms with Gasteiger partial charge in [-0.1, -0.05) is 13.8 Å². The van der Waals surface area contributed by atoms with E-state index in [1.54, 1.807) is 0 Å². The third kappa shape index (κ3) is 5.27. The summed E-state index contributed by atoms with van der Waals surface area (Å²) in [5.41, 5.74) is 6.07. The highest BCUT2D eigenvalue weighted by molar-refractivity contribution is 5.92. The Kier molecular flexibility index (Phi) is 5.65. The number of nitrogens with two attached hydrogens (primary N) is 1. The molecule has 0 bridgehead atoms. The van der Waals surface area contributed by atoms with Gasteiger partial charge >= 0.3 is 0 Å². The van der Waals surface area contributed by atoms with E-state index < -0.39 is 5.91 Å². The molecular weight excluding hydrogens is 257 g/mol. The number of carbonyl (C=O) groups is 1. The Hall–Kier alpha value is -1.46. The second kappa shape index (κ2) is 6.81. The van der Waals surface area contributed by atoms with Gasteiger partial charge in [0.05, 0.1) is 0 Å². The molecule has 20 heavy (non-hydrogen) atoms. The van der Waals surface area contributed by atoms with Crippen molar-refractivity contribution in [3.05, 3.63) is 35.1 Å². The monoisotopic (exact) mass is 281 g/mol. The van der Waals surface area contributed by atoms with Gasteiger partial charge in [-0.15, -0.1) is 0 Å². The second-order valence-corrected chi connectivity index (χ2v) is 6.18. The van der Waals surface area contributed by atoms with E-state index in [9.17, 15) is 9.18 Å². The number of hydrogen-bond acceptors (Lipinski definition) is 3. The van der Waals surface area contributed by atoms with Crippen LogP contribution in [0.1, 0.15) is 29.8 Å². The molecule has 1 rings (SSSR count). The minimum Gasteiger partial charge on any atom is -0.366 e. The summed E-state index contributed by atoms with van der Waals surface area (Å²) < 4.78 is 13.7. The Morgan fingerprint density at radius 3 is 2.60 bits per heavy atom. The van der Waals surface area contributed by atoms with Crippen LogP contribution in [0.3, 0.4) is 0 Å². The lowest BCUT2D eigenvalue weighted by Crippen LogP contribution is -2.37. The summed E-state index contributed by atoms with van der Waals surface area (Å²) in [6, 6.07) is 4.18. The average molecular weight is 281 g/mol. The van der Waals surface area contributed by atoms with Crippen LogP contribution in [0.2, 0.25) is 0 Å². The molecule has 0 aliphatic rings. The maximum absolute atomic E-state index is 13.7. The van der Waals surface area contributed by atoms with Crippen molar-refractivity contribution in [3.8, 4) is 0 Å². The van der Waals surface area contributed by atoms with Crippen molar-refractivity contribution in [1.82, 2.24) is 10.2 Å². The molecule has 0 spiro atoms. The van der Waals surface area contributed by atoms with Crippen molar-refractivity contribution in [1.29, 1.82) is 0 Å². The lowest BCUT2D eigenvalue weighted by atomic mass is 9.93. The van der Waals surface area contributed by atoms with Gasteiger partial charge in [0.1, 0.15) is 5.82 Å². The lowest BCUT2D eigenvalue weighted by molar-refractivity contribution is 0.1000. The molecule has 0 unspecified atom stereocenters. The van der Waals surface area contributed by atoms with Crippen LogP contribution in [0.25, 0.3) is 0 Å². The molecule has 1 amide bonds. The second-order valence-electron chi connectivity index (χ2n) is 6.18. The fourth-order valence-corrected chi connectivity index (χ4v) is 2.31. The smallest absolute Gasteiger partial charge is 0.248 e. The molecule has 0 aliphatic carbocycles. The first-order valence-corrected chi connectivity index (χ1v) is 6.65. The number of hydrogen-bond donors (Lipinski definition) is 2. The van der Waals surface area contributed by atoms with Crippen LogP contribution in [0.15, 0.2) is 18.2 Å². The van der Waals surface area contributed by atoms with E-state index in [1.165, 1.54) is 18.2 Å². The van der Waals surface area contributed by atoms with Gasteiger partial charge in [-0.2, -0.15) is 0 Å². The van der Waals surface area contributed by atoms with E-state index in [-0.39, 0.29) is 11.2 Å². The molecule has 0 saturated carbocycles. The Morgan fingerprint density at radius 2 is 2.05 bits per heavy atom. The Bertz CT molecular complexity index is 472. The third-order valence-corrected chi connectivity index (χ3v) is 2.99. The van der Waals surface area contributed by atoms with Gasteiger partial charge in [-0.3, -0.25) is 4.79 Å².